The van der Waals surface area contributed by atoms with Crippen LogP contribution in [0.5, 0.6) is 0 Å². The third-order valence-electron chi connectivity index (χ3n) is 4.42. The van der Waals surface area contributed by atoms with Crippen molar-refractivity contribution >= 4 is 11.6 Å². The van der Waals surface area contributed by atoms with Gasteiger partial charge in [-0.3, -0.25) is 9.88 Å². The van der Waals surface area contributed by atoms with Gasteiger partial charge in [0.15, 0.2) is 0 Å². The third-order valence-corrected chi connectivity index (χ3v) is 4.67. The average Bonchev–Trinajstić information content (AvgIpc) is 3.15. The summed E-state index contributed by atoms with van der Waals surface area (Å²) in [5.41, 5.74) is 1.83. The van der Waals surface area contributed by atoms with E-state index in [2.05, 4.69) is 37.2 Å². The molecule has 4 rings (SSSR count). The molecule has 0 spiro atoms. The van der Waals surface area contributed by atoms with Crippen LogP contribution in [0.4, 0.5) is 0 Å². The summed E-state index contributed by atoms with van der Waals surface area (Å²) in [6.45, 7) is 1.85. The Morgan fingerprint density at radius 2 is 2.00 bits per heavy atom. The fourth-order valence-electron chi connectivity index (χ4n) is 3.17. The number of hydrogen-bond acceptors (Lipinski definition) is 6. The molecule has 25 heavy (non-hydrogen) atoms. The Bertz CT molecular complexity index is 821. The van der Waals surface area contributed by atoms with E-state index in [1.54, 1.807) is 18.6 Å². The van der Waals surface area contributed by atoms with Crippen LogP contribution in [-0.4, -0.2) is 31.6 Å². The Morgan fingerprint density at radius 1 is 1.12 bits per heavy atom. The van der Waals surface area contributed by atoms with Gasteiger partial charge in [-0.05, 0) is 37.1 Å². The van der Waals surface area contributed by atoms with Crippen molar-refractivity contribution in [2.45, 2.75) is 31.8 Å². The molecule has 2 aromatic heterocycles. The van der Waals surface area contributed by atoms with Gasteiger partial charge in [-0.25, -0.2) is 4.98 Å². The normalized spacial score (nSPS) is 18.4. The number of hydrogen-bond donors (Lipinski definition) is 0. The van der Waals surface area contributed by atoms with Crippen LogP contribution in [-0.2, 0) is 6.54 Å². The molecule has 0 bridgehead atoms. The third kappa shape index (κ3) is 3.70. The van der Waals surface area contributed by atoms with E-state index in [1.165, 1.54) is 12.0 Å². The maximum Gasteiger partial charge on any atom is 0.267 e. The molecular formula is C18H18ClN5O. The minimum Gasteiger partial charge on any atom is -0.417 e. The van der Waals surface area contributed by atoms with Crippen LogP contribution in [0.1, 0.15) is 36.8 Å². The van der Waals surface area contributed by atoms with Gasteiger partial charge in [0.1, 0.15) is 5.69 Å². The lowest BCUT2D eigenvalue weighted by molar-refractivity contribution is 0.118. The summed E-state index contributed by atoms with van der Waals surface area (Å²) in [5, 5.41) is 9.18. The van der Waals surface area contributed by atoms with Crippen molar-refractivity contribution in [1.29, 1.82) is 0 Å². The summed E-state index contributed by atoms with van der Waals surface area (Å²) in [6.07, 6.45) is 8.21. The summed E-state index contributed by atoms with van der Waals surface area (Å²) < 4.78 is 5.91. The highest BCUT2D eigenvalue weighted by atomic mass is 35.5. The first-order valence-corrected chi connectivity index (χ1v) is 8.76. The molecule has 0 amide bonds. The zero-order chi connectivity index (χ0) is 17.1. The molecule has 1 fully saturated rings. The zero-order valence-corrected chi connectivity index (χ0v) is 14.4. The number of piperidine rings is 1. The van der Waals surface area contributed by atoms with Gasteiger partial charge in [0.2, 0.25) is 5.89 Å². The Kier molecular flexibility index (Phi) is 4.72. The van der Waals surface area contributed by atoms with Crippen LogP contribution >= 0.6 is 11.6 Å². The molecule has 0 saturated carbocycles. The van der Waals surface area contributed by atoms with Gasteiger partial charge in [0.05, 0.1) is 12.2 Å². The standard InChI is InChI=1S/C18H18ClN5O/c19-14-6-4-13(5-7-14)12-24-10-2-1-3-16(24)18-23-22-17(25-18)15-11-20-8-9-21-15/h4-9,11,16H,1-3,10,12H2. The van der Waals surface area contributed by atoms with Crippen molar-refractivity contribution in [3.8, 4) is 11.6 Å². The second-order valence-corrected chi connectivity index (χ2v) is 6.58. The van der Waals surface area contributed by atoms with Crippen molar-refractivity contribution in [3.05, 3.63) is 59.3 Å². The van der Waals surface area contributed by atoms with Crippen LogP contribution in [0.2, 0.25) is 5.02 Å². The van der Waals surface area contributed by atoms with Crippen molar-refractivity contribution in [2.24, 2.45) is 0 Å². The maximum atomic E-state index is 5.98. The van der Waals surface area contributed by atoms with E-state index in [-0.39, 0.29) is 6.04 Å². The second kappa shape index (κ2) is 7.29. The van der Waals surface area contributed by atoms with E-state index in [1.807, 2.05) is 12.1 Å². The van der Waals surface area contributed by atoms with E-state index in [9.17, 15) is 0 Å². The van der Waals surface area contributed by atoms with Gasteiger partial charge < -0.3 is 4.42 Å². The van der Waals surface area contributed by atoms with E-state index >= 15 is 0 Å². The topological polar surface area (TPSA) is 67.9 Å². The van der Waals surface area contributed by atoms with Crippen molar-refractivity contribution in [1.82, 2.24) is 25.1 Å². The van der Waals surface area contributed by atoms with E-state index in [4.69, 9.17) is 16.0 Å². The zero-order valence-electron chi connectivity index (χ0n) is 13.7. The average molecular weight is 356 g/mol. The highest BCUT2D eigenvalue weighted by molar-refractivity contribution is 6.30. The number of aromatic nitrogens is 4. The molecule has 3 heterocycles. The largest absolute Gasteiger partial charge is 0.417 e. The molecule has 1 saturated heterocycles. The Hall–Kier alpha value is -2.31. The van der Waals surface area contributed by atoms with Gasteiger partial charge in [0, 0.05) is 24.0 Å². The smallest absolute Gasteiger partial charge is 0.267 e. The molecule has 6 nitrogen and oxygen atoms in total. The number of nitrogens with zero attached hydrogens (tertiary/aromatic N) is 5. The summed E-state index contributed by atoms with van der Waals surface area (Å²) in [5.74, 6) is 1.06. The molecule has 1 aliphatic heterocycles. The van der Waals surface area contributed by atoms with Gasteiger partial charge in [0.25, 0.3) is 5.89 Å². The minimum absolute atomic E-state index is 0.127. The van der Waals surface area contributed by atoms with Crippen molar-refractivity contribution < 1.29 is 4.42 Å². The van der Waals surface area contributed by atoms with Crippen LogP contribution in [0.3, 0.4) is 0 Å². The molecule has 1 unspecified atom stereocenters. The predicted octanol–water partition coefficient (Wildman–Crippen LogP) is 3.91. The van der Waals surface area contributed by atoms with Gasteiger partial charge >= 0.3 is 0 Å². The predicted molar refractivity (Wildman–Crippen MR) is 93.8 cm³/mol. The maximum absolute atomic E-state index is 5.98. The number of rotatable bonds is 4. The summed E-state index contributed by atoms with van der Waals surface area (Å²) in [6, 6.07) is 8.10. The molecule has 0 radical (unpaired) electrons. The Labute approximate surface area is 150 Å². The second-order valence-electron chi connectivity index (χ2n) is 6.14. The SMILES string of the molecule is Clc1ccc(CN2CCCCC2c2nnc(-c3cnccn3)o2)cc1. The van der Waals surface area contributed by atoms with E-state index in [0.29, 0.717) is 17.5 Å². The fourth-order valence-corrected chi connectivity index (χ4v) is 3.29. The highest BCUT2D eigenvalue weighted by Crippen LogP contribution is 2.32. The molecule has 128 valence electrons. The van der Waals surface area contributed by atoms with E-state index < -0.39 is 0 Å². The fraction of sp³-hybridized carbons (Fsp3) is 0.333. The Balaban J connectivity index is 1.55. The van der Waals surface area contributed by atoms with Crippen LogP contribution < -0.4 is 0 Å². The molecule has 0 aliphatic carbocycles. The molecular weight excluding hydrogens is 338 g/mol. The number of likely N-dealkylation sites (tertiary alicyclic amines) is 1. The molecule has 7 heteroatoms. The quantitative estimate of drug-likeness (QED) is 0.706. The molecule has 1 atom stereocenters. The molecule has 3 aromatic rings. The number of benzene rings is 1. The minimum atomic E-state index is 0.127. The van der Waals surface area contributed by atoms with Crippen molar-refractivity contribution in [3.63, 3.8) is 0 Å². The highest BCUT2D eigenvalue weighted by Gasteiger charge is 2.29. The van der Waals surface area contributed by atoms with Gasteiger partial charge in [-0.15, -0.1) is 10.2 Å². The summed E-state index contributed by atoms with van der Waals surface area (Å²) in [7, 11) is 0. The lowest BCUT2D eigenvalue weighted by atomic mass is 10.0. The van der Waals surface area contributed by atoms with Gasteiger partial charge in [-0.1, -0.05) is 30.2 Å². The monoisotopic (exact) mass is 355 g/mol. The van der Waals surface area contributed by atoms with Crippen molar-refractivity contribution in [2.75, 3.05) is 6.54 Å². The lowest BCUT2D eigenvalue weighted by Gasteiger charge is -2.33. The van der Waals surface area contributed by atoms with Crippen LogP contribution in [0.25, 0.3) is 11.6 Å². The lowest BCUT2D eigenvalue weighted by Crippen LogP contribution is -2.33. The summed E-state index contributed by atoms with van der Waals surface area (Å²) in [4.78, 5) is 10.7. The molecule has 1 aromatic carbocycles. The van der Waals surface area contributed by atoms with Crippen LogP contribution in [0.15, 0.2) is 47.3 Å². The number of halogens is 1. The first-order chi connectivity index (χ1) is 12.3. The molecule has 1 aliphatic rings. The first-order valence-electron chi connectivity index (χ1n) is 8.38. The van der Waals surface area contributed by atoms with Crippen LogP contribution in [0, 0.1) is 0 Å². The first kappa shape index (κ1) is 16.2. The Morgan fingerprint density at radius 3 is 2.80 bits per heavy atom. The van der Waals surface area contributed by atoms with Gasteiger partial charge in [-0.2, -0.15) is 0 Å². The molecule has 0 N–H and O–H groups in total. The van der Waals surface area contributed by atoms with E-state index in [0.717, 1.165) is 31.0 Å². The summed E-state index contributed by atoms with van der Waals surface area (Å²) >= 11 is 5.98.